The largest absolute Gasteiger partial charge is 0.340 e. The van der Waals surface area contributed by atoms with Crippen molar-refractivity contribution in [1.29, 1.82) is 0 Å². The molecule has 106 valence electrons. The first kappa shape index (κ1) is 14.6. The van der Waals surface area contributed by atoms with Crippen LogP contribution in [0.3, 0.4) is 0 Å². The number of piperidine rings is 1. The second-order valence-electron chi connectivity index (χ2n) is 5.73. The van der Waals surface area contributed by atoms with Gasteiger partial charge < -0.3 is 15.2 Å². The first-order valence-electron chi connectivity index (χ1n) is 6.82. The van der Waals surface area contributed by atoms with Gasteiger partial charge in [0.1, 0.15) is 5.69 Å². The summed E-state index contributed by atoms with van der Waals surface area (Å²) in [6, 6.07) is 2.25. The number of likely N-dealkylation sites (tertiary alicyclic amines) is 1. The number of nitrogens with zero attached hydrogens (tertiary/aromatic N) is 2. The first-order valence-corrected chi connectivity index (χ1v) is 7.61. The van der Waals surface area contributed by atoms with E-state index in [2.05, 4.69) is 36.7 Å². The molecule has 2 atom stereocenters. The SMILES string of the molecule is CC1CCN(C(=O)c2cc(Br)cn2C(C)C)CC1N. The summed E-state index contributed by atoms with van der Waals surface area (Å²) in [6.07, 6.45) is 2.95. The third kappa shape index (κ3) is 3.03. The summed E-state index contributed by atoms with van der Waals surface area (Å²) >= 11 is 3.45. The number of hydrogen-bond acceptors (Lipinski definition) is 2. The molecular weight excluding hydrogens is 306 g/mol. The molecule has 2 rings (SSSR count). The molecule has 0 saturated carbocycles. The number of halogens is 1. The van der Waals surface area contributed by atoms with Gasteiger partial charge in [0, 0.05) is 35.8 Å². The molecule has 1 amide bonds. The third-order valence-electron chi connectivity index (χ3n) is 3.89. The molecule has 5 heteroatoms. The lowest BCUT2D eigenvalue weighted by Crippen LogP contribution is -2.50. The van der Waals surface area contributed by atoms with E-state index in [1.54, 1.807) is 0 Å². The highest BCUT2D eigenvalue weighted by Crippen LogP contribution is 2.23. The fourth-order valence-electron chi connectivity index (χ4n) is 2.49. The van der Waals surface area contributed by atoms with Gasteiger partial charge in [-0.1, -0.05) is 6.92 Å². The van der Waals surface area contributed by atoms with Gasteiger partial charge in [0.05, 0.1) is 0 Å². The molecule has 1 aromatic rings. The Hall–Kier alpha value is -0.810. The molecule has 0 radical (unpaired) electrons. The van der Waals surface area contributed by atoms with E-state index >= 15 is 0 Å². The molecule has 1 aliphatic rings. The van der Waals surface area contributed by atoms with E-state index in [1.807, 2.05) is 21.7 Å². The summed E-state index contributed by atoms with van der Waals surface area (Å²) in [7, 11) is 0. The van der Waals surface area contributed by atoms with Crippen LogP contribution in [0.25, 0.3) is 0 Å². The average Bonchev–Trinajstić information content (AvgIpc) is 2.74. The number of amides is 1. The number of carbonyl (C=O) groups excluding carboxylic acids is 1. The third-order valence-corrected chi connectivity index (χ3v) is 4.33. The second kappa shape index (κ2) is 5.67. The lowest BCUT2D eigenvalue weighted by Gasteiger charge is -2.35. The van der Waals surface area contributed by atoms with Crippen LogP contribution < -0.4 is 5.73 Å². The minimum absolute atomic E-state index is 0.0850. The van der Waals surface area contributed by atoms with Crippen molar-refractivity contribution >= 4 is 21.8 Å². The number of nitrogens with two attached hydrogens (primary N) is 1. The summed E-state index contributed by atoms with van der Waals surface area (Å²) in [5.41, 5.74) is 6.82. The van der Waals surface area contributed by atoms with Crippen molar-refractivity contribution in [3.63, 3.8) is 0 Å². The molecule has 2 heterocycles. The summed E-state index contributed by atoms with van der Waals surface area (Å²) in [4.78, 5) is 14.5. The lowest BCUT2D eigenvalue weighted by atomic mass is 9.94. The summed E-state index contributed by atoms with van der Waals surface area (Å²) in [6.45, 7) is 7.76. The molecule has 1 fully saturated rings. The van der Waals surface area contributed by atoms with Crippen molar-refractivity contribution in [3.8, 4) is 0 Å². The monoisotopic (exact) mass is 327 g/mol. The summed E-state index contributed by atoms with van der Waals surface area (Å²) in [5, 5.41) is 0. The van der Waals surface area contributed by atoms with Crippen molar-refractivity contribution < 1.29 is 4.79 Å². The smallest absolute Gasteiger partial charge is 0.270 e. The van der Waals surface area contributed by atoms with Crippen LogP contribution in [0.4, 0.5) is 0 Å². The second-order valence-corrected chi connectivity index (χ2v) is 6.64. The van der Waals surface area contributed by atoms with E-state index in [1.165, 1.54) is 0 Å². The van der Waals surface area contributed by atoms with Crippen molar-refractivity contribution in [3.05, 3.63) is 22.4 Å². The van der Waals surface area contributed by atoms with Crippen LogP contribution in [0, 0.1) is 5.92 Å². The lowest BCUT2D eigenvalue weighted by molar-refractivity contribution is 0.0660. The number of rotatable bonds is 2. The molecule has 0 aliphatic carbocycles. The van der Waals surface area contributed by atoms with Crippen molar-refractivity contribution in [2.75, 3.05) is 13.1 Å². The van der Waals surface area contributed by atoms with Gasteiger partial charge in [0.25, 0.3) is 5.91 Å². The molecule has 1 aliphatic heterocycles. The molecule has 1 saturated heterocycles. The Kier molecular flexibility index (Phi) is 4.36. The van der Waals surface area contributed by atoms with Crippen LogP contribution >= 0.6 is 15.9 Å². The Morgan fingerprint density at radius 3 is 2.79 bits per heavy atom. The number of aromatic nitrogens is 1. The number of hydrogen-bond donors (Lipinski definition) is 1. The van der Waals surface area contributed by atoms with Crippen molar-refractivity contribution in [2.24, 2.45) is 11.7 Å². The van der Waals surface area contributed by atoms with Crippen LogP contribution in [-0.2, 0) is 0 Å². The quantitative estimate of drug-likeness (QED) is 0.907. The Morgan fingerprint density at radius 1 is 1.53 bits per heavy atom. The van der Waals surface area contributed by atoms with Gasteiger partial charge in [-0.2, -0.15) is 0 Å². The van der Waals surface area contributed by atoms with Gasteiger partial charge in [0.15, 0.2) is 0 Å². The Labute approximate surface area is 123 Å². The minimum Gasteiger partial charge on any atom is -0.340 e. The van der Waals surface area contributed by atoms with E-state index < -0.39 is 0 Å². The Bertz CT molecular complexity index is 469. The maximum absolute atomic E-state index is 12.6. The van der Waals surface area contributed by atoms with Crippen LogP contribution in [0.15, 0.2) is 16.7 Å². The van der Waals surface area contributed by atoms with Crippen LogP contribution in [-0.4, -0.2) is 34.5 Å². The van der Waals surface area contributed by atoms with E-state index in [4.69, 9.17) is 5.73 Å². The maximum atomic E-state index is 12.6. The van der Waals surface area contributed by atoms with Crippen LogP contribution in [0.1, 0.15) is 43.7 Å². The van der Waals surface area contributed by atoms with Gasteiger partial charge in [-0.25, -0.2) is 0 Å². The molecule has 0 aromatic carbocycles. The van der Waals surface area contributed by atoms with E-state index in [0.29, 0.717) is 12.5 Å². The van der Waals surface area contributed by atoms with Crippen LogP contribution in [0.5, 0.6) is 0 Å². The van der Waals surface area contributed by atoms with E-state index in [0.717, 1.165) is 23.1 Å². The fourth-order valence-corrected chi connectivity index (χ4v) is 2.93. The van der Waals surface area contributed by atoms with Crippen molar-refractivity contribution in [1.82, 2.24) is 9.47 Å². The Balaban J connectivity index is 2.20. The first-order chi connectivity index (χ1) is 8.90. The van der Waals surface area contributed by atoms with E-state index in [-0.39, 0.29) is 18.0 Å². The zero-order valence-electron chi connectivity index (χ0n) is 11.8. The van der Waals surface area contributed by atoms with Crippen molar-refractivity contribution in [2.45, 2.75) is 39.3 Å². The molecule has 0 spiro atoms. The zero-order valence-corrected chi connectivity index (χ0v) is 13.4. The predicted octanol–water partition coefficient (Wildman–Crippen LogP) is 2.64. The fraction of sp³-hybridized carbons (Fsp3) is 0.643. The minimum atomic E-state index is 0.0850. The Morgan fingerprint density at radius 2 is 2.21 bits per heavy atom. The summed E-state index contributed by atoms with van der Waals surface area (Å²) in [5.74, 6) is 0.578. The molecule has 19 heavy (non-hydrogen) atoms. The highest BCUT2D eigenvalue weighted by Gasteiger charge is 2.28. The van der Waals surface area contributed by atoms with E-state index in [9.17, 15) is 4.79 Å². The van der Waals surface area contributed by atoms with Gasteiger partial charge >= 0.3 is 0 Å². The number of carbonyl (C=O) groups is 1. The average molecular weight is 328 g/mol. The topological polar surface area (TPSA) is 51.3 Å². The standard InChI is InChI=1S/C14H22BrN3O/c1-9(2)18-7-11(15)6-13(18)14(19)17-5-4-10(3)12(16)8-17/h6-7,9-10,12H,4-5,8,16H2,1-3H3. The molecular formula is C14H22BrN3O. The predicted molar refractivity (Wildman–Crippen MR) is 80.2 cm³/mol. The highest BCUT2D eigenvalue weighted by atomic mass is 79.9. The van der Waals surface area contributed by atoms with Gasteiger partial charge in [0.2, 0.25) is 0 Å². The normalized spacial score (nSPS) is 24.0. The molecule has 4 nitrogen and oxygen atoms in total. The van der Waals surface area contributed by atoms with Gasteiger partial charge in [-0.3, -0.25) is 4.79 Å². The maximum Gasteiger partial charge on any atom is 0.270 e. The van der Waals surface area contributed by atoms with Gasteiger partial charge in [-0.05, 0) is 48.2 Å². The highest BCUT2D eigenvalue weighted by molar-refractivity contribution is 9.10. The molecule has 2 N–H and O–H groups in total. The molecule has 0 bridgehead atoms. The molecule has 2 unspecified atom stereocenters. The molecule has 1 aromatic heterocycles. The zero-order chi connectivity index (χ0) is 14.2. The summed E-state index contributed by atoms with van der Waals surface area (Å²) < 4.78 is 2.95. The van der Waals surface area contributed by atoms with Crippen LogP contribution in [0.2, 0.25) is 0 Å². The van der Waals surface area contributed by atoms with Gasteiger partial charge in [-0.15, -0.1) is 0 Å².